The minimum absolute atomic E-state index is 0.363. The number of unbranched alkanes of at least 4 members (excludes halogenated alkanes) is 9. The van der Waals surface area contributed by atoms with Gasteiger partial charge < -0.3 is 9.72 Å². The van der Waals surface area contributed by atoms with Crippen molar-refractivity contribution >= 4 is 17.6 Å². The van der Waals surface area contributed by atoms with Crippen molar-refractivity contribution in [3.05, 3.63) is 22.5 Å². The summed E-state index contributed by atoms with van der Waals surface area (Å²) >= 11 is 6.08. The Morgan fingerprint density at radius 3 is 2.13 bits per heavy atom. The van der Waals surface area contributed by atoms with Gasteiger partial charge in [0.25, 0.3) is 0 Å². The van der Waals surface area contributed by atoms with Gasteiger partial charge in [-0.25, -0.2) is 4.79 Å². The van der Waals surface area contributed by atoms with Crippen LogP contribution >= 0.6 is 11.6 Å². The lowest BCUT2D eigenvalue weighted by molar-refractivity contribution is 0.0520. The van der Waals surface area contributed by atoms with Gasteiger partial charge in [-0.1, -0.05) is 76.3 Å². The second-order valence-corrected chi connectivity index (χ2v) is 6.58. The Balaban J connectivity index is 2.10. The number of carbonyl (C=O) groups is 1. The van der Waals surface area contributed by atoms with Gasteiger partial charge in [-0.15, -0.1) is 0 Å². The molecule has 0 aliphatic rings. The van der Waals surface area contributed by atoms with Crippen molar-refractivity contribution in [3.63, 3.8) is 0 Å². The molecule has 0 aromatic carbocycles. The standard InChI is InChI=1S/C19H32ClNO2/c1-3-5-6-7-8-9-10-11-12-13-14-16-15-17(20)18(21-16)19(22)23-4-2/h15,21H,3-14H2,1-2H3. The number of aromatic amines is 1. The molecule has 0 radical (unpaired) electrons. The van der Waals surface area contributed by atoms with Crippen LogP contribution in [0, 0.1) is 0 Å². The number of H-pyrrole nitrogens is 1. The van der Waals surface area contributed by atoms with Gasteiger partial charge in [-0.05, 0) is 25.8 Å². The van der Waals surface area contributed by atoms with Crippen molar-refractivity contribution in [2.75, 3.05) is 6.61 Å². The average molecular weight is 342 g/mol. The summed E-state index contributed by atoms with van der Waals surface area (Å²) in [6, 6.07) is 1.85. The Bertz CT molecular complexity index is 443. The highest BCUT2D eigenvalue weighted by atomic mass is 35.5. The first kappa shape index (κ1) is 20.1. The Morgan fingerprint density at radius 1 is 1.00 bits per heavy atom. The van der Waals surface area contributed by atoms with Crippen LogP contribution in [-0.4, -0.2) is 17.6 Å². The summed E-state index contributed by atoms with van der Waals surface area (Å²) in [7, 11) is 0. The van der Waals surface area contributed by atoms with Gasteiger partial charge in [0, 0.05) is 5.69 Å². The van der Waals surface area contributed by atoms with Gasteiger partial charge in [0.1, 0.15) is 5.69 Å². The molecule has 1 rings (SSSR count). The van der Waals surface area contributed by atoms with Crippen molar-refractivity contribution in [2.45, 2.75) is 84.5 Å². The minimum Gasteiger partial charge on any atom is -0.461 e. The fraction of sp³-hybridized carbons (Fsp3) is 0.737. The number of rotatable bonds is 13. The molecule has 1 aromatic rings. The second kappa shape index (κ2) is 12.5. The first-order valence-corrected chi connectivity index (χ1v) is 9.61. The van der Waals surface area contributed by atoms with Crippen LogP contribution in [0.5, 0.6) is 0 Å². The molecular formula is C19H32ClNO2. The molecule has 4 heteroatoms. The third-order valence-corrected chi connectivity index (χ3v) is 4.40. The Hall–Kier alpha value is -0.960. The third-order valence-electron chi connectivity index (χ3n) is 4.10. The molecule has 0 aliphatic heterocycles. The molecule has 0 saturated carbocycles. The van der Waals surface area contributed by atoms with Crippen molar-refractivity contribution in [1.29, 1.82) is 0 Å². The fourth-order valence-electron chi connectivity index (χ4n) is 2.77. The molecular weight excluding hydrogens is 310 g/mol. The van der Waals surface area contributed by atoms with Crippen molar-refractivity contribution in [2.24, 2.45) is 0 Å². The molecule has 0 saturated heterocycles. The predicted molar refractivity (Wildman–Crippen MR) is 97.3 cm³/mol. The summed E-state index contributed by atoms with van der Waals surface area (Å²) in [6.45, 7) is 4.41. The summed E-state index contributed by atoms with van der Waals surface area (Å²) in [5.74, 6) is -0.369. The summed E-state index contributed by atoms with van der Waals surface area (Å²) in [5, 5.41) is 0.463. The van der Waals surface area contributed by atoms with Crippen LogP contribution in [0.1, 0.15) is 94.2 Å². The average Bonchev–Trinajstić information content (AvgIpc) is 2.90. The molecule has 3 nitrogen and oxygen atoms in total. The number of hydrogen-bond acceptors (Lipinski definition) is 2. The van der Waals surface area contributed by atoms with E-state index in [1.165, 1.54) is 57.8 Å². The molecule has 0 amide bonds. The molecule has 23 heavy (non-hydrogen) atoms. The number of aromatic nitrogens is 1. The van der Waals surface area contributed by atoms with Crippen LogP contribution in [0.25, 0.3) is 0 Å². The fourth-order valence-corrected chi connectivity index (χ4v) is 3.03. The molecule has 0 fully saturated rings. The van der Waals surface area contributed by atoms with E-state index in [9.17, 15) is 4.79 Å². The molecule has 0 unspecified atom stereocenters. The molecule has 0 bridgehead atoms. The highest BCUT2D eigenvalue weighted by molar-refractivity contribution is 6.33. The Labute approximate surface area is 146 Å². The molecule has 0 spiro atoms. The lowest BCUT2D eigenvalue weighted by atomic mass is 10.1. The zero-order valence-corrected chi connectivity index (χ0v) is 15.5. The zero-order chi connectivity index (χ0) is 16.9. The van der Waals surface area contributed by atoms with E-state index in [2.05, 4.69) is 11.9 Å². The maximum absolute atomic E-state index is 11.7. The Kier molecular flexibility index (Phi) is 10.9. The largest absolute Gasteiger partial charge is 0.461 e. The van der Waals surface area contributed by atoms with E-state index in [1.807, 2.05) is 6.07 Å². The number of ether oxygens (including phenoxy) is 1. The molecule has 132 valence electrons. The van der Waals surface area contributed by atoms with E-state index in [-0.39, 0.29) is 5.97 Å². The first-order valence-electron chi connectivity index (χ1n) is 9.23. The number of hydrogen-bond donors (Lipinski definition) is 1. The van der Waals surface area contributed by atoms with Crippen LogP contribution in [0.4, 0.5) is 0 Å². The molecule has 1 N–H and O–H groups in total. The first-order chi connectivity index (χ1) is 11.2. The van der Waals surface area contributed by atoms with Gasteiger partial charge in [0.05, 0.1) is 11.6 Å². The normalized spacial score (nSPS) is 10.9. The summed E-state index contributed by atoms with van der Waals surface area (Å²) < 4.78 is 4.97. The van der Waals surface area contributed by atoms with E-state index in [0.29, 0.717) is 17.3 Å². The molecule has 0 atom stereocenters. The predicted octanol–water partition coefficient (Wildman–Crippen LogP) is 6.31. The van der Waals surface area contributed by atoms with Gasteiger partial charge >= 0.3 is 5.97 Å². The number of carbonyl (C=O) groups excluding carboxylic acids is 1. The summed E-state index contributed by atoms with van der Waals surface area (Å²) in [5.41, 5.74) is 1.41. The lowest BCUT2D eigenvalue weighted by Gasteiger charge is -2.02. The van der Waals surface area contributed by atoms with Crippen molar-refractivity contribution in [1.82, 2.24) is 4.98 Å². The van der Waals surface area contributed by atoms with Gasteiger partial charge in [-0.2, -0.15) is 0 Å². The minimum atomic E-state index is -0.369. The monoisotopic (exact) mass is 341 g/mol. The number of esters is 1. The quantitative estimate of drug-likeness (QED) is 0.337. The second-order valence-electron chi connectivity index (χ2n) is 6.17. The summed E-state index contributed by atoms with van der Waals surface area (Å²) in [6.07, 6.45) is 14.2. The smallest absolute Gasteiger partial charge is 0.356 e. The zero-order valence-electron chi connectivity index (χ0n) is 14.8. The number of nitrogens with one attached hydrogen (secondary N) is 1. The highest BCUT2D eigenvalue weighted by Crippen LogP contribution is 2.20. The van der Waals surface area contributed by atoms with Crippen LogP contribution in [0.3, 0.4) is 0 Å². The third kappa shape index (κ3) is 8.45. The maximum atomic E-state index is 11.7. The van der Waals surface area contributed by atoms with Crippen molar-refractivity contribution < 1.29 is 9.53 Å². The van der Waals surface area contributed by atoms with E-state index >= 15 is 0 Å². The lowest BCUT2D eigenvalue weighted by Crippen LogP contribution is -2.05. The van der Waals surface area contributed by atoms with Gasteiger partial charge in [-0.3, -0.25) is 0 Å². The topological polar surface area (TPSA) is 42.1 Å². The SMILES string of the molecule is CCCCCCCCCCCCc1cc(Cl)c(C(=O)OCC)[nH]1. The van der Waals surface area contributed by atoms with E-state index in [1.54, 1.807) is 6.92 Å². The number of halogens is 1. The van der Waals surface area contributed by atoms with Crippen molar-refractivity contribution in [3.8, 4) is 0 Å². The van der Waals surface area contributed by atoms with Crippen LogP contribution < -0.4 is 0 Å². The van der Waals surface area contributed by atoms with Crippen LogP contribution in [0.15, 0.2) is 6.07 Å². The maximum Gasteiger partial charge on any atom is 0.356 e. The van der Waals surface area contributed by atoms with E-state index in [0.717, 1.165) is 18.5 Å². The van der Waals surface area contributed by atoms with E-state index in [4.69, 9.17) is 16.3 Å². The molecule has 0 aliphatic carbocycles. The summed E-state index contributed by atoms with van der Waals surface area (Å²) in [4.78, 5) is 14.8. The van der Waals surface area contributed by atoms with E-state index < -0.39 is 0 Å². The van der Waals surface area contributed by atoms with Crippen LogP contribution in [-0.2, 0) is 11.2 Å². The molecule has 1 aromatic heterocycles. The highest BCUT2D eigenvalue weighted by Gasteiger charge is 2.14. The number of aryl methyl sites for hydroxylation is 1. The van der Waals surface area contributed by atoms with Crippen LogP contribution in [0.2, 0.25) is 5.02 Å². The van der Waals surface area contributed by atoms with Gasteiger partial charge in [0.2, 0.25) is 0 Å². The molecule has 1 heterocycles. The Morgan fingerprint density at radius 2 is 1.57 bits per heavy atom. The van der Waals surface area contributed by atoms with Gasteiger partial charge in [0.15, 0.2) is 0 Å².